The lowest BCUT2D eigenvalue weighted by Crippen LogP contribution is -2.21. The number of hydrogen-bond acceptors (Lipinski definition) is 5. The second-order valence-corrected chi connectivity index (χ2v) is 3.70. The van der Waals surface area contributed by atoms with Gasteiger partial charge in [-0.25, -0.2) is 4.98 Å². The van der Waals surface area contributed by atoms with Crippen LogP contribution in [0.3, 0.4) is 0 Å². The molecule has 0 saturated carbocycles. The molecule has 0 bridgehead atoms. The van der Waals surface area contributed by atoms with Crippen LogP contribution < -0.4 is 10.6 Å². The number of aromatic nitrogens is 2. The molecular weight excluding hydrogens is 214 g/mol. The van der Waals surface area contributed by atoms with E-state index in [1.165, 1.54) is 0 Å². The summed E-state index contributed by atoms with van der Waals surface area (Å²) in [5.74, 6) is 1.52. The smallest absolute Gasteiger partial charge is 0.224 e. The fourth-order valence-electron chi connectivity index (χ4n) is 1.18. The predicted molar refractivity (Wildman–Crippen MR) is 74.7 cm³/mol. The first-order valence-electron chi connectivity index (χ1n) is 6.04. The third-order valence-corrected chi connectivity index (χ3v) is 1.94. The summed E-state index contributed by atoms with van der Waals surface area (Å²) < 4.78 is 0. The molecule has 1 rings (SSSR count). The van der Waals surface area contributed by atoms with Crippen molar-refractivity contribution >= 4 is 11.8 Å². The van der Waals surface area contributed by atoms with Gasteiger partial charge in [0.25, 0.3) is 0 Å². The zero-order valence-electron chi connectivity index (χ0n) is 11.8. The zero-order chi connectivity index (χ0) is 13.3. The fraction of sp³-hybridized carbons (Fsp3) is 0.667. The van der Waals surface area contributed by atoms with Crippen molar-refractivity contribution in [1.29, 1.82) is 0 Å². The summed E-state index contributed by atoms with van der Waals surface area (Å²) in [7, 11) is 5.91. The number of nitrogens with zero attached hydrogens (tertiary/aromatic N) is 3. The molecule has 0 fully saturated rings. The maximum absolute atomic E-state index is 4.30. The van der Waals surface area contributed by atoms with E-state index in [1.54, 1.807) is 0 Å². The minimum Gasteiger partial charge on any atom is -0.369 e. The van der Waals surface area contributed by atoms with Gasteiger partial charge in [0.1, 0.15) is 5.82 Å². The number of likely N-dealkylation sites (N-methyl/N-ethyl adjacent to an activating group) is 1. The Morgan fingerprint density at radius 3 is 2.41 bits per heavy atom. The van der Waals surface area contributed by atoms with Crippen molar-refractivity contribution in [2.45, 2.75) is 20.8 Å². The van der Waals surface area contributed by atoms with Gasteiger partial charge in [-0.2, -0.15) is 4.98 Å². The lowest BCUT2D eigenvalue weighted by Gasteiger charge is -2.11. The molecule has 0 amide bonds. The molecule has 0 aliphatic carbocycles. The van der Waals surface area contributed by atoms with Crippen LogP contribution in [0.15, 0.2) is 6.07 Å². The van der Waals surface area contributed by atoms with Crippen molar-refractivity contribution in [3.05, 3.63) is 11.8 Å². The number of anilines is 2. The van der Waals surface area contributed by atoms with Gasteiger partial charge >= 0.3 is 0 Å². The lowest BCUT2D eigenvalue weighted by molar-refractivity contribution is 0.425. The van der Waals surface area contributed by atoms with E-state index in [0.29, 0.717) is 5.95 Å². The van der Waals surface area contributed by atoms with Crippen LogP contribution in [-0.2, 0) is 0 Å². The van der Waals surface area contributed by atoms with Crippen LogP contribution in [0.2, 0.25) is 0 Å². The highest BCUT2D eigenvalue weighted by molar-refractivity contribution is 5.41. The molecule has 0 spiro atoms. The normalized spacial score (nSPS) is 9.59. The molecule has 0 atom stereocenters. The number of aryl methyl sites for hydroxylation is 1. The minimum absolute atomic E-state index is 0.655. The van der Waals surface area contributed by atoms with Crippen LogP contribution in [0.5, 0.6) is 0 Å². The third-order valence-electron chi connectivity index (χ3n) is 1.94. The largest absolute Gasteiger partial charge is 0.369 e. The first kappa shape index (κ1) is 15.6. The van der Waals surface area contributed by atoms with E-state index in [0.717, 1.165) is 24.6 Å². The molecule has 1 aromatic heterocycles. The third kappa shape index (κ3) is 6.73. The summed E-state index contributed by atoms with van der Waals surface area (Å²) in [6.07, 6.45) is 0. The maximum atomic E-state index is 4.30. The summed E-state index contributed by atoms with van der Waals surface area (Å²) >= 11 is 0. The quantitative estimate of drug-likeness (QED) is 0.821. The van der Waals surface area contributed by atoms with Crippen molar-refractivity contribution in [3.63, 3.8) is 0 Å². The van der Waals surface area contributed by atoms with Gasteiger partial charge in [0, 0.05) is 31.9 Å². The highest BCUT2D eigenvalue weighted by Gasteiger charge is 1.99. The summed E-state index contributed by atoms with van der Waals surface area (Å²) in [5.41, 5.74) is 0.960. The Morgan fingerprint density at radius 1 is 1.24 bits per heavy atom. The number of nitrogens with one attached hydrogen (secondary N) is 2. The minimum atomic E-state index is 0.655. The van der Waals surface area contributed by atoms with Crippen LogP contribution >= 0.6 is 0 Å². The van der Waals surface area contributed by atoms with Gasteiger partial charge in [0.2, 0.25) is 5.95 Å². The molecular formula is C12H25N5. The van der Waals surface area contributed by atoms with Crippen LogP contribution in [0.25, 0.3) is 0 Å². The van der Waals surface area contributed by atoms with Gasteiger partial charge < -0.3 is 15.5 Å². The molecule has 2 N–H and O–H groups in total. The average molecular weight is 239 g/mol. The summed E-state index contributed by atoms with van der Waals surface area (Å²) in [5, 5.41) is 6.19. The average Bonchev–Trinajstić information content (AvgIpc) is 2.30. The van der Waals surface area contributed by atoms with Gasteiger partial charge in [0.05, 0.1) is 0 Å². The Morgan fingerprint density at radius 2 is 1.88 bits per heavy atom. The van der Waals surface area contributed by atoms with Crippen molar-refractivity contribution < 1.29 is 0 Å². The summed E-state index contributed by atoms with van der Waals surface area (Å²) in [4.78, 5) is 10.6. The van der Waals surface area contributed by atoms with Crippen molar-refractivity contribution in [2.24, 2.45) is 0 Å². The van der Waals surface area contributed by atoms with Crippen molar-refractivity contribution in [3.8, 4) is 0 Å². The van der Waals surface area contributed by atoms with Gasteiger partial charge in [-0.3, -0.25) is 0 Å². The Balaban J connectivity index is 0.00000121. The van der Waals surface area contributed by atoms with Gasteiger partial charge in [0.15, 0.2) is 0 Å². The van der Waals surface area contributed by atoms with Gasteiger partial charge in [-0.05, 0) is 21.0 Å². The SMILES string of the molecule is CC.CNc1nc(C)cc(NCCN(C)C)n1. The maximum Gasteiger partial charge on any atom is 0.224 e. The number of rotatable bonds is 5. The molecule has 98 valence electrons. The Hall–Kier alpha value is -1.36. The molecule has 0 aliphatic heterocycles. The van der Waals surface area contributed by atoms with E-state index in [2.05, 4.69) is 25.5 Å². The molecule has 5 nitrogen and oxygen atoms in total. The highest BCUT2D eigenvalue weighted by atomic mass is 15.1. The molecule has 1 aromatic rings. The first-order valence-corrected chi connectivity index (χ1v) is 6.04. The Labute approximate surface area is 105 Å². The first-order chi connectivity index (χ1) is 8.11. The number of hydrogen-bond donors (Lipinski definition) is 2. The van der Waals surface area contributed by atoms with Crippen LogP contribution in [-0.4, -0.2) is 49.1 Å². The molecule has 0 aromatic carbocycles. The second kappa shape index (κ2) is 8.75. The molecule has 0 radical (unpaired) electrons. The van der Waals surface area contributed by atoms with E-state index in [1.807, 2.05) is 48.0 Å². The topological polar surface area (TPSA) is 53.1 Å². The van der Waals surface area contributed by atoms with E-state index in [4.69, 9.17) is 0 Å². The van der Waals surface area contributed by atoms with E-state index in [-0.39, 0.29) is 0 Å². The second-order valence-electron chi connectivity index (χ2n) is 3.70. The van der Waals surface area contributed by atoms with E-state index in [9.17, 15) is 0 Å². The van der Waals surface area contributed by atoms with E-state index < -0.39 is 0 Å². The lowest BCUT2D eigenvalue weighted by atomic mass is 10.4. The van der Waals surface area contributed by atoms with Crippen LogP contribution in [0.1, 0.15) is 19.5 Å². The zero-order valence-corrected chi connectivity index (χ0v) is 11.8. The molecule has 17 heavy (non-hydrogen) atoms. The van der Waals surface area contributed by atoms with Gasteiger partial charge in [-0.1, -0.05) is 13.8 Å². The molecule has 5 heteroatoms. The summed E-state index contributed by atoms with van der Waals surface area (Å²) in [6.45, 7) is 7.82. The molecule has 0 saturated heterocycles. The fourth-order valence-corrected chi connectivity index (χ4v) is 1.18. The van der Waals surface area contributed by atoms with Crippen LogP contribution in [0, 0.1) is 6.92 Å². The monoisotopic (exact) mass is 239 g/mol. The molecule has 0 aliphatic rings. The highest BCUT2D eigenvalue weighted by Crippen LogP contribution is 2.08. The molecule has 0 unspecified atom stereocenters. The van der Waals surface area contributed by atoms with Gasteiger partial charge in [-0.15, -0.1) is 0 Å². The van der Waals surface area contributed by atoms with Crippen molar-refractivity contribution in [1.82, 2.24) is 14.9 Å². The summed E-state index contributed by atoms with van der Waals surface area (Å²) in [6, 6.07) is 1.94. The van der Waals surface area contributed by atoms with Crippen molar-refractivity contribution in [2.75, 3.05) is 44.9 Å². The standard InChI is InChI=1S/C10H19N5.C2H6/c1-8-7-9(12-5-6-15(3)4)14-10(11-2)13-8;1-2/h7H,5-6H2,1-4H3,(H2,11,12,13,14);1-2H3. The Bertz CT molecular complexity index is 312. The van der Waals surface area contributed by atoms with Crippen LogP contribution in [0.4, 0.5) is 11.8 Å². The Kier molecular flexibility index (Phi) is 8.05. The predicted octanol–water partition coefficient (Wildman–Crippen LogP) is 1.83. The molecule has 1 heterocycles. The van der Waals surface area contributed by atoms with E-state index >= 15 is 0 Å².